The van der Waals surface area contributed by atoms with Gasteiger partial charge in [-0.3, -0.25) is 9.48 Å². The van der Waals surface area contributed by atoms with Crippen LogP contribution in [0.5, 0.6) is 0 Å². The van der Waals surface area contributed by atoms with Gasteiger partial charge in [0.25, 0.3) is 5.91 Å². The summed E-state index contributed by atoms with van der Waals surface area (Å²) in [4.78, 5) is 19.8. The number of halogens is 2. The third-order valence-electron chi connectivity index (χ3n) is 6.76. The van der Waals surface area contributed by atoms with Crippen LogP contribution in [-0.2, 0) is 13.5 Å². The van der Waals surface area contributed by atoms with Gasteiger partial charge in [0.1, 0.15) is 12.1 Å². The van der Waals surface area contributed by atoms with Crippen LogP contribution in [0, 0.1) is 5.82 Å². The zero-order chi connectivity index (χ0) is 23.4. The molecule has 4 aromatic rings. The van der Waals surface area contributed by atoms with Gasteiger partial charge in [-0.15, -0.1) is 5.10 Å². The fraction of sp³-hybridized carbons (Fsp3) is 0.280. The number of fused-ring (bicyclic) bond motifs is 4. The number of nitrogens with zero attached hydrogens (tertiary/aromatic N) is 6. The minimum atomic E-state index is -0.371. The summed E-state index contributed by atoms with van der Waals surface area (Å²) in [6, 6.07) is 13.8. The van der Waals surface area contributed by atoms with E-state index >= 15 is 0 Å². The van der Waals surface area contributed by atoms with Crippen LogP contribution in [0.4, 0.5) is 4.39 Å². The van der Waals surface area contributed by atoms with Gasteiger partial charge in [0.05, 0.1) is 23.1 Å². The average Bonchev–Trinajstić information content (AvgIpc) is 3.43. The van der Waals surface area contributed by atoms with Crippen LogP contribution in [0.3, 0.4) is 0 Å². The van der Waals surface area contributed by atoms with Crippen molar-refractivity contribution < 1.29 is 9.18 Å². The van der Waals surface area contributed by atoms with Crippen molar-refractivity contribution in [2.24, 2.45) is 7.05 Å². The van der Waals surface area contributed by atoms with Crippen LogP contribution in [0.25, 0.3) is 16.9 Å². The molecule has 0 spiro atoms. The predicted molar refractivity (Wildman–Crippen MR) is 125 cm³/mol. The predicted octanol–water partition coefficient (Wildman–Crippen LogP) is 4.75. The van der Waals surface area contributed by atoms with Crippen molar-refractivity contribution in [1.82, 2.24) is 29.4 Å². The maximum Gasteiger partial charge on any atom is 0.294 e. The van der Waals surface area contributed by atoms with E-state index in [1.165, 1.54) is 28.7 Å². The van der Waals surface area contributed by atoms with E-state index in [1.807, 2.05) is 40.9 Å². The Hall–Kier alpha value is -3.52. The Morgan fingerprint density at radius 2 is 1.97 bits per heavy atom. The molecule has 2 aromatic carbocycles. The molecule has 0 saturated carbocycles. The fourth-order valence-electron chi connectivity index (χ4n) is 5.37. The summed E-state index contributed by atoms with van der Waals surface area (Å²) in [7, 11) is 1.94. The minimum Gasteiger partial charge on any atom is -0.324 e. The smallest absolute Gasteiger partial charge is 0.294 e. The van der Waals surface area contributed by atoms with E-state index in [9.17, 15) is 9.18 Å². The van der Waals surface area contributed by atoms with E-state index in [1.54, 1.807) is 12.1 Å². The molecular formula is C25H22ClFN6O. The molecule has 7 nitrogen and oxygen atoms in total. The first-order valence-corrected chi connectivity index (χ1v) is 11.7. The number of hydrogen-bond acceptors (Lipinski definition) is 4. The zero-order valence-corrected chi connectivity index (χ0v) is 19.3. The largest absolute Gasteiger partial charge is 0.324 e. The molecule has 1 saturated heterocycles. The van der Waals surface area contributed by atoms with Crippen LogP contribution >= 0.6 is 11.6 Å². The van der Waals surface area contributed by atoms with Gasteiger partial charge in [-0.05, 0) is 56.0 Å². The highest BCUT2D eigenvalue weighted by molar-refractivity contribution is 6.30. The van der Waals surface area contributed by atoms with Gasteiger partial charge in [0, 0.05) is 29.2 Å². The number of aromatic nitrogens is 5. The number of aryl methyl sites for hydroxylation is 1. The summed E-state index contributed by atoms with van der Waals surface area (Å²) in [5.41, 5.74) is 4.71. The highest BCUT2D eigenvalue weighted by atomic mass is 35.5. The Morgan fingerprint density at radius 3 is 2.79 bits per heavy atom. The molecule has 2 aromatic heterocycles. The maximum atomic E-state index is 13.6. The molecule has 4 heterocycles. The van der Waals surface area contributed by atoms with Crippen molar-refractivity contribution >= 4 is 17.5 Å². The molecular weight excluding hydrogens is 455 g/mol. The van der Waals surface area contributed by atoms with Crippen LogP contribution < -0.4 is 0 Å². The summed E-state index contributed by atoms with van der Waals surface area (Å²) >= 11 is 6.26. The standard InChI is InChI=1S/C25H22ClFN6O/c1-31-23(15-5-2-6-16(26)11-15)20-13-19-9-4-10-21(22(20)29-31)33(19)25(34)24-28-14-32(30-24)18-8-3-7-17(27)12-18/h2-3,5-8,11-12,14,19,21H,4,9-10,13H2,1H3/t19-,21+/m1/s1. The Balaban J connectivity index is 1.36. The highest BCUT2D eigenvalue weighted by Crippen LogP contribution is 2.45. The molecule has 2 atom stereocenters. The summed E-state index contributed by atoms with van der Waals surface area (Å²) in [5.74, 6) is -0.481. The quantitative estimate of drug-likeness (QED) is 0.428. The van der Waals surface area contributed by atoms with Crippen LogP contribution in [-0.4, -0.2) is 41.4 Å². The molecule has 0 N–H and O–H groups in total. The van der Waals surface area contributed by atoms with E-state index in [-0.39, 0.29) is 29.6 Å². The number of benzene rings is 2. The summed E-state index contributed by atoms with van der Waals surface area (Å²) in [5, 5.41) is 9.91. The van der Waals surface area contributed by atoms with Gasteiger partial charge in [-0.1, -0.05) is 29.8 Å². The number of hydrogen-bond donors (Lipinski definition) is 0. The van der Waals surface area contributed by atoms with E-state index in [0.29, 0.717) is 10.7 Å². The van der Waals surface area contributed by atoms with E-state index in [2.05, 4.69) is 10.1 Å². The van der Waals surface area contributed by atoms with Gasteiger partial charge < -0.3 is 4.90 Å². The Bertz CT molecular complexity index is 1410. The van der Waals surface area contributed by atoms with Gasteiger partial charge in [0.15, 0.2) is 0 Å². The Kier molecular flexibility index (Phi) is 4.99. The maximum absolute atomic E-state index is 13.6. The molecule has 1 amide bonds. The Labute approximate surface area is 200 Å². The molecule has 0 radical (unpaired) electrons. The van der Waals surface area contributed by atoms with Gasteiger partial charge in [-0.2, -0.15) is 5.10 Å². The Morgan fingerprint density at radius 1 is 1.12 bits per heavy atom. The average molecular weight is 477 g/mol. The second kappa shape index (κ2) is 8.06. The minimum absolute atomic E-state index is 0.0435. The lowest BCUT2D eigenvalue weighted by Gasteiger charge is -2.44. The van der Waals surface area contributed by atoms with Crippen molar-refractivity contribution in [2.45, 2.75) is 37.8 Å². The van der Waals surface area contributed by atoms with Crippen LogP contribution in [0.15, 0.2) is 54.9 Å². The SMILES string of the molecule is Cn1nc2c(c1-c1cccc(Cl)c1)C[C@H]1CCC[C@@H]2N1C(=O)c1ncn(-c2cccc(F)c2)n1. The van der Waals surface area contributed by atoms with Gasteiger partial charge in [-0.25, -0.2) is 14.1 Å². The van der Waals surface area contributed by atoms with Crippen molar-refractivity contribution in [2.75, 3.05) is 0 Å². The molecule has 2 aliphatic heterocycles. The lowest BCUT2D eigenvalue weighted by Crippen LogP contribution is -2.50. The molecule has 9 heteroatoms. The van der Waals surface area contributed by atoms with Gasteiger partial charge >= 0.3 is 0 Å². The summed E-state index contributed by atoms with van der Waals surface area (Å²) < 4.78 is 17.0. The summed E-state index contributed by atoms with van der Waals surface area (Å²) in [6.07, 6.45) is 4.96. The molecule has 0 aliphatic carbocycles. The monoisotopic (exact) mass is 476 g/mol. The normalized spacial score (nSPS) is 19.2. The first kappa shape index (κ1) is 21.0. The summed E-state index contributed by atoms with van der Waals surface area (Å²) in [6.45, 7) is 0. The van der Waals surface area contributed by atoms with Crippen molar-refractivity contribution in [3.8, 4) is 16.9 Å². The number of piperidine rings is 1. The molecule has 0 unspecified atom stereocenters. The molecule has 2 bridgehead atoms. The third kappa shape index (κ3) is 3.40. The lowest BCUT2D eigenvalue weighted by molar-refractivity contribution is 0.0379. The topological polar surface area (TPSA) is 68.8 Å². The van der Waals surface area contributed by atoms with E-state index < -0.39 is 0 Å². The molecule has 172 valence electrons. The van der Waals surface area contributed by atoms with Crippen molar-refractivity contribution in [1.29, 1.82) is 0 Å². The van der Waals surface area contributed by atoms with Crippen molar-refractivity contribution in [3.63, 3.8) is 0 Å². The zero-order valence-electron chi connectivity index (χ0n) is 18.5. The molecule has 6 rings (SSSR count). The van der Waals surface area contributed by atoms with E-state index in [0.717, 1.165) is 42.6 Å². The van der Waals surface area contributed by atoms with Crippen molar-refractivity contribution in [3.05, 3.63) is 82.8 Å². The molecule has 1 fully saturated rings. The molecule has 34 heavy (non-hydrogen) atoms. The first-order valence-electron chi connectivity index (χ1n) is 11.3. The second-order valence-corrected chi connectivity index (χ2v) is 9.29. The lowest BCUT2D eigenvalue weighted by atomic mass is 9.81. The second-order valence-electron chi connectivity index (χ2n) is 8.86. The number of amides is 1. The van der Waals surface area contributed by atoms with E-state index in [4.69, 9.17) is 16.7 Å². The van der Waals surface area contributed by atoms with Crippen LogP contribution in [0.1, 0.15) is 47.2 Å². The number of carbonyl (C=O) groups excluding carboxylic acids is 1. The van der Waals surface area contributed by atoms with Crippen LogP contribution in [0.2, 0.25) is 5.02 Å². The van der Waals surface area contributed by atoms with Gasteiger partial charge in [0.2, 0.25) is 5.82 Å². The fourth-order valence-corrected chi connectivity index (χ4v) is 5.56. The number of rotatable bonds is 3. The molecule has 2 aliphatic rings. The third-order valence-corrected chi connectivity index (χ3v) is 7.00. The highest BCUT2D eigenvalue weighted by Gasteiger charge is 2.44. The number of carbonyl (C=O) groups is 1. The first-order chi connectivity index (χ1) is 16.5.